The molecule has 1 rings (SSSR count). The Kier molecular flexibility index (Phi) is 5.46. The van der Waals surface area contributed by atoms with E-state index in [4.69, 9.17) is 0 Å². The number of aliphatic hydroxyl groups excluding tert-OH is 1. The van der Waals surface area contributed by atoms with Crippen molar-refractivity contribution >= 4 is 0 Å². The smallest absolute Gasteiger partial charge is 0.0791 e. The minimum atomic E-state index is -0.306. The van der Waals surface area contributed by atoms with Crippen LogP contribution in [0.15, 0.2) is 24.3 Å². The first kappa shape index (κ1) is 13.2. The van der Waals surface area contributed by atoms with Crippen molar-refractivity contribution in [3.05, 3.63) is 35.4 Å². The molecular formula is C13H22N2O. The summed E-state index contributed by atoms with van der Waals surface area (Å²) in [6.45, 7) is 4.30. The number of nitrogens with zero attached hydrogens (tertiary/aromatic N) is 1. The first-order chi connectivity index (χ1) is 7.61. The SMILES string of the molecule is CNCC(O)CN(C)Cc1cccc(C)c1. The summed E-state index contributed by atoms with van der Waals surface area (Å²) >= 11 is 0. The van der Waals surface area contributed by atoms with Crippen LogP contribution in [0.5, 0.6) is 0 Å². The van der Waals surface area contributed by atoms with Crippen LogP contribution in [0.1, 0.15) is 11.1 Å². The highest BCUT2D eigenvalue weighted by Crippen LogP contribution is 2.06. The van der Waals surface area contributed by atoms with Gasteiger partial charge in [0.1, 0.15) is 0 Å². The molecule has 0 fully saturated rings. The second-order valence-corrected chi connectivity index (χ2v) is 4.40. The normalized spacial score (nSPS) is 13.1. The quantitative estimate of drug-likeness (QED) is 0.754. The summed E-state index contributed by atoms with van der Waals surface area (Å²) in [5.74, 6) is 0. The third-order valence-electron chi connectivity index (χ3n) is 2.50. The van der Waals surface area contributed by atoms with Crippen molar-refractivity contribution in [1.29, 1.82) is 0 Å². The Morgan fingerprint density at radius 2 is 2.19 bits per heavy atom. The second kappa shape index (κ2) is 6.63. The van der Waals surface area contributed by atoms with Gasteiger partial charge in [-0.1, -0.05) is 29.8 Å². The van der Waals surface area contributed by atoms with Crippen LogP contribution >= 0.6 is 0 Å². The fraction of sp³-hybridized carbons (Fsp3) is 0.538. The minimum absolute atomic E-state index is 0.306. The zero-order valence-corrected chi connectivity index (χ0v) is 10.4. The lowest BCUT2D eigenvalue weighted by Crippen LogP contribution is -2.35. The third kappa shape index (κ3) is 4.75. The standard InChI is InChI=1S/C13H22N2O/c1-11-5-4-6-12(7-11)9-15(3)10-13(16)8-14-2/h4-7,13-14,16H,8-10H2,1-3H3. The topological polar surface area (TPSA) is 35.5 Å². The van der Waals surface area contributed by atoms with Gasteiger partial charge in [-0.15, -0.1) is 0 Å². The summed E-state index contributed by atoms with van der Waals surface area (Å²) in [5.41, 5.74) is 2.57. The maximum absolute atomic E-state index is 9.65. The minimum Gasteiger partial charge on any atom is -0.390 e. The van der Waals surface area contributed by atoms with E-state index < -0.39 is 0 Å². The van der Waals surface area contributed by atoms with Crippen LogP contribution in [0, 0.1) is 6.92 Å². The molecule has 90 valence electrons. The van der Waals surface area contributed by atoms with Gasteiger partial charge < -0.3 is 10.4 Å². The van der Waals surface area contributed by atoms with Gasteiger partial charge in [0.25, 0.3) is 0 Å². The molecule has 0 heterocycles. The number of benzene rings is 1. The molecule has 1 unspecified atom stereocenters. The van der Waals surface area contributed by atoms with Crippen molar-refractivity contribution < 1.29 is 5.11 Å². The number of aryl methyl sites for hydroxylation is 1. The van der Waals surface area contributed by atoms with Gasteiger partial charge in [0.15, 0.2) is 0 Å². The summed E-state index contributed by atoms with van der Waals surface area (Å²) in [4.78, 5) is 2.14. The Morgan fingerprint density at radius 3 is 2.81 bits per heavy atom. The molecule has 0 bridgehead atoms. The maximum atomic E-state index is 9.65. The van der Waals surface area contributed by atoms with E-state index in [-0.39, 0.29) is 6.10 Å². The predicted octanol–water partition coefficient (Wildman–Crippen LogP) is 1.01. The van der Waals surface area contributed by atoms with Gasteiger partial charge in [0, 0.05) is 19.6 Å². The van der Waals surface area contributed by atoms with Crippen LogP contribution < -0.4 is 5.32 Å². The van der Waals surface area contributed by atoms with E-state index in [1.165, 1.54) is 11.1 Å². The molecule has 0 spiro atoms. The van der Waals surface area contributed by atoms with Crippen LogP contribution in [0.3, 0.4) is 0 Å². The molecule has 0 saturated carbocycles. The molecule has 0 aliphatic heterocycles. The van der Waals surface area contributed by atoms with Crippen LogP contribution in [-0.2, 0) is 6.54 Å². The van der Waals surface area contributed by atoms with Crippen molar-refractivity contribution in [3.63, 3.8) is 0 Å². The average molecular weight is 222 g/mol. The van der Waals surface area contributed by atoms with E-state index in [1.807, 2.05) is 14.1 Å². The number of nitrogens with one attached hydrogen (secondary N) is 1. The van der Waals surface area contributed by atoms with E-state index in [2.05, 4.69) is 41.4 Å². The zero-order valence-electron chi connectivity index (χ0n) is 10.4. The van der Waals surface area contributed by atoms with Crippen molar-refractivity contribution in [2.24, 2.45) is 0 Å². The molecule has 0 aliphatic rings. The molecular weight excluding hydrogens is 200 g/mol. The van der Waals surface area contributed by atoms with E-state index >= 15 is 0 Å². The Balaban J connectivity index is 2.42. The number of hydrogen-bond acceptors (Lipinski definition) is 3. The van der Waals surface area contributed by atoms with Gasteiger partial charge in [-0.05, 0) is 26.6 Å². The third-order valence-corrected chi connectivity index (χ3v) is 2.50. The summed E-state index contributed by atoms with van der Waals surface area (Å²) < 4.78 is 0. The first-order valence-corrected chi connectivity index (χ1v) is 5.68. The van der Waals surface area contributed by atoms with E-state index in [0.29, 0.717) is 13.1 Å². The number of aliphatic hydroxyl groups is 1. The van der Waals surface area contributed by atoms with Crippen LogP contribution in [-0.4, -0.2) is 43.3 Å². The van der Waals surface area contributed by atoms with Gasteiger partial charge in [0.05, 0.1) is 6.10 Å². The molecule has 1 aromatic carbocycles. The fourth-order valence-corrected chi connectivity index (χ4v) is 1.85. The molecule has 2 N–H and O–H groups in total. The van der Waals surface area contributed by atoms with Gasteiger partial charge in [0.2, 0.25) is 0 Å². The lowest BCUT2D eigenvalue weighted by atomic mass is 10.1. The molecule has 0 aliphatic carbocycles. The van der Waals surface area contributed by atoms with Gasteiger partial charge in [-0.25, -0.2) is 0 Å². The number of likely N-dealkylation sites (N-methyl/N-ethyl adjacent to an activating group) is 2. The highest BCUT2D eigenvalue weighted by atomic mass is 16.3. The highest BCUT2D eigenvalue weighted by molar-refractivity contribution is 5.21. The Bertz CT molecular complexity index is 315. The van der Waals surface area contributed by atoms with Crippen LogP contribution in [0.4, 0.5) is 0 Å². The molecule has 1 aromatic rings. The van der Waals surface area contributed by atoms with Crippen molar-refractivity contribution in [1.82, 2.24) is 10.2 Å². The summed E-state index contributed by atoms with van der Waals surface area (Å²) in [6.07, 6.45) is -0.306. The summed E-state index contributed by atoms with van der Waals surface area (Å²) in [6, 6.07) is 8.47. The first-order valence-electron chi connectivity index (χ1n) is 5.68. The Hall–Kier alpha value is -0.900. The van der Waals surface area contributed by atoms with Gasteiger partial charge in [-0.3, -0.25) is 4.90 Å². The van der Waals surface area contributed by atoms with E-state index in [0.717, 1.165) is 6.54 Å². The molecule has 3 nitrogen and oxygen atoms in total. The van der Waals surface area contributed by atoms with Crippen LogP contribution in [0.25, 0.3) is 0 Å². The van der Waals surface area contributed by atoms with Crippen molar-refractivity contribution in [3.8, 4) is 0 Å². The molecule has 0 aromatic heterocycles. The maximum Gasteiger partial charge on any atom is 0.0791 e. The lowest BCUT2D eigenvalue weighted by Gasteiger charge is -2.20. The van der Waals surface area contributed by atoms with E-state index in [1.54, 1.807) is 0 Å². The Morgan fingerprint density at radius 1 is 1.44 bits per heavy atom. The second-order valence-electron chi connectivity index (χ2n) is 4.40. The predicted molar refractivity (Wildman–Crippen MR) is 67.4 cm³/mol. The van der Waals surface area contributed by atoms with Crippen molar-refractivity contribution in [2.45, 2.75) is 19.6 Å². The molecule has 3 heteroatoms. The lowest BCUT2D eigenvalue weighted by molar-refractivity contribution is 0.123. The number of hydrogen-bond donors (Lipinski definition) is 2. The average Bonchev–Trinajstić information content (AvgIpc) is 2.17. The fourth-order valence-electron chi connectivity index (χ4n) is 1.85. The molecule has 1 atom stereocenters. The zero-order chi connectivity index (χ0) is 12.0. The molecule has 16 heavy (non-hydrogen) atoms. The van der Waals surface area contributed by atoms with Gasteiger partial charge in [-0.2, -0.15) is 0 Å². The largest absolute Gasteiger partial charge is 0.390 e. The monoisotopic (exact) mass is 222 g/mol. The Labute approximate surface area is 98.1 Å². The molecule has 0 radical (unpaired) electrons. The number of rotatable bonds is 6. The summed E-state index contributed by atoms with van der Waals surface area (Å²) in [5, 5.41) is 12.6. The van der Waals surface area contributed by atoms with Crippen molar-refractivity contribution in [2.75, 3.05) is 27.2 Å². The highest BCUT2D eigenvalue weighted by Gasteiger charge is 2.07. The summed E-state index contributed by atoms with van der Waals surface area (Å²) in [7, 11) is 3.88. The van der Waals surface area contributed by atoms with Crippen LogP contribution in [0.2, 0.25) is 0 Å². The van der Waals surface area contributed by atoms with Gasteiger partial charge >= 0.3 is 0 Å². The molecule has 0 amide bonds. The molecule has 0 saturated heterocycles. The van der Waals surface area contributed by atoms with E-state index in [9.17, 15) is 5.11 Å².